The summed E-state index contributed by atoms with van der Waals surface area (Å²) in [5.74, 6) is -0.565. The standard InChI is InChI=1S/C20H21F2N5O2S/c1-12-11-26(18-15(22)8-13(4-7-28)10-23-18)5-6-27(12)20(29)25-19-24-16-9-14(21)2-3-17(16)30-19/h2-3,8-10,12,28H,4-7,11H2,1H3,(H,24,25,29). The molecule has 0 radical (unpaired) electrons. The van der Waals surface area contributed by atoms with Crippen LogP contribution in [-0.2, 0) is 6.42 Å². The number of thiazole rings is 1. The van der Waals surface area contributed by atoms with E-state index in [1.165, 1.54) is 29.5 Å². The van der Waals surface area contributed by atoms with Gasteiger partial charge in [-0.2, -0.15) is 0 Å². The second-order valence-corrected chi connectivity index (χ2v) is 8.20. The fourth-order valence-corrected chi connectivity index (χ4v) is 4.37. The molecule has 4 rings (SSSR count). The molecular weight excluding hydrogens is 412 g/mol. The largest absolute Gasteiger partial charge is 0.396 e. The normalized spacial score (nSPS) is 16.9. The van der Waals surface area contributed by atoms with Crippen LogP contribution in [0.15, 0.2) is 30.5 Å². The fraction of sp³-hybridized carbons (Fsp3) is 0.350. The number of anilines is 2. The number of aromatic nitrogens is 2. The maximum absolute atomic E-state index is 14.4. The van der Waals surface area contributed by atoms with Crippen LogP contribution >= 0.6 is 11.3 Å². The molecule has 1 saturated heterocycles. The van der Waals surface area contributed by atoms with Crippen molar-refractivity contribution in [2.24, 2.45) is 0 Å². The summed E-state index contributed by atoms with van der Waals surface area (Å²) in [7, 11) is 0. The molecule has 0 saturated carbocycles. The third-order valence-electron chi connectivity index (χ3n) is 5.03. The summed E-state index contributed by atoms with van der Waals surface area (Å²) in [4.78, 5) is 24.7. The van der Waals surface area contributed by atoms with E-state index >= 15 is 0 Å². The Morgan fingerprint density at radius 3 is 2.90 bits per heavy atom. The van der Waals surface area contributed by atoms with Gasteiger partial charge in [-0.25, -0.2) is 23.5 Å². The SMILES string of the molecule is CC1CN(c2ncc(CCO)cc2F)CCN1C(=O)Nc1nc2cc(F)ccc2s1. The number of urea groups is 1. The molecule has 2 amide bonds. The number of carbonyl (C=O) groups excluding carboxylic acids is 1. The van der Waals surface area contributed by atoms with Crippen molar-refractivity contribution < 1.29 is 18.7 Å². The van der Waals surface area contributed by atoms with Crippen molar-refractivity contribution in [1.82, 2.24) is 14.9 Å². The van der Waals surface area contributed by atoms with E-state index in [1.807, 2.05) is 11.8 Å². The smallest absolute Gasteiger partial charge is 0.324 e. The van der Waals surface area contributed by atoms with E-state index in [9.17, 15) is 13.6 Å². The van der Waals surface area contributed by atoms with E-state index in [0.717, 1.165) is 4.70 Å². The summed E-state index contributed by atoms with van der Waals surface area (Å²) in [6, 6.07) is 5.23. The Morgan fingerprint density at radius 2 is 2.17 bits per heavy atom. The number of halogens is 2. The molecule has 10 heteroatoms. The first-order valence-electron chi connectivity index (χ1n) is 9.58. The topological polar surface area (TPSA) is 81.6 Å². The van der Waals surface area contributed by atoms with E-state index in [2.05, 4.69) is 15.3 Å². The van der Waals surface area contributed by atoms with Gasteiger partial charge in [0.15, 0.2) is 16.8 Å². The molecule has 0 spiro atoms. The first-order valence-corrected chi connectivity index (χ1v) is 10.4. The number of amides is 2. The highest BCUT2D eigenvalue weighted by Crippen LogP contribution is 2.27. The fourth-order valence-electron chi connectivity index (χ4n) is 3.54. The maximum Gasteiger partial charge on any atom is 0.324 e. The molecule has 7 nitrogen and oxygen atoms in total. The molecule has 1 atom stereocenters. The van der Waals surface area contributed by atoms with Crippen molar-refractivity contribution in [2.45, 2.75) is 19.4 Å². The van der Waals surface area contributed by atoms with Crippen molar-refractivity contribution in [2.75, 3.05) is 36.5 Å². The van der Waals surface area contributed by atoms with Crippen molar-refractivity contribution in [3.63, 3.8) is 0 Å². The number of aliphatic hydroxyl groups is 1. The molecule has 3 aromatic rings. The molecule has 1 aliphatic rings. The molecule has 2 aromatic heterocycles. The van der Waals surface area contributed by atoms with Gasteiger partial charge in [-0.05, 0) is 37.1 Å². The molecule has 30 heavy (non-hydrogen) atoms. The van der Waals surface area contributed by atoms with Gasteiger partial charge in [0, 0.05) is 44.5 Å². The number of hydrogen-bond acceptors (Lipinski definition) is 6. The van der Waals surface area contributed by atoms with Crippen LogP contribution < -0.4 is 10.2 Å². The van der Waals surface area contributed by atoms with E-state index in [4.69, 9.17) is 5.11 Å². The van der Waals surface area contributed by atoms with Crippen LogP contribution in [-0.4, -0.2) is 58.3 Å². The lowest BCUT2D eigenvalue weighted by molar-refractivity contribution is 0.184. The van der Waals surface area contributed by atoms with Crippen molar-refractivity contribution in [1.29, 1.82) is 0 Å². The Hall–Kier alpha value is -2.85. The number of carbonyl (C=O) groups is 1. The number of pyridine rings is 1. The van der Waals surface area contributed by atoms with Gasteiger partial charge in [0.25, 0.3) is 0 Å². The zero-order valence-corrected chi connectivity index (χ0v) is 17.1. The molecule has 3 heterocycles. The van der Waals surface area contributed by atoms with Crippen LogP contribution in [0.3, 0.4) is 0 Å². The average Bonchev–Trinajstić information content (AvgIpc) is 3.09. The number of nitrogens with one attached hydrogen (secondary N) is 1. The summed E-state index contributed by atoms with van der Waals surface area (Å²) in [6.07, 6.45) is 1.92. The Labute approximate surface area is 176 Å². The second-order valence-electron chi connectivity index (χ2n) is 7.17. The number of benzene rings is 1. The van der Waals surface area contributed by atoms with Gasteiger partial charge < -0.3 is 14.9 Å². The third-order valence-corrected chi connectivity index (χ3v) is 5.98. The first kappa shape index (κ1) is 20.4. The number of rotatable bonds is 4. The molecule has 1 fully saturated rings. The van der Waals surface area contributed by atoms with Crippen LogP contribution in [0, 0.1) is 11.6 Å². The number of nitrogens with zero attached hydrogens (tertiary/aromatic N) is 4. The summed E-state index contributed by atoms with van der Waals surface area (Å²) in [5, 5.41) is 12.2. The molecule has 1 aromatic carbocycles. The van der Waals surface area contributed by atoms with Crippen LogP contribution in [0.5, 0.6) is 0 Å². The minimum Gasteiger partial charge on any atom is -0.396 e. The number of fused-ring (bicyclic) bond motifs is 1. The molecule has 1 aliphatic heterocycles. The highest BCUT2D eigenvalue weighted by Gasteiger charge is 2.29. The highest BCUT2D eigenvalue weighted by molar-refractivity contribution is 7.22. The van der Waals surface area contributed by atoms with Gasteiger partial charge in [-0.15, -0.1) is 0 Å². The maximum atomic E-state index is 14.4. The van der Waals surface area contributed by atoms with Crippen LogP contribution in [0.25, 0.3) is 10.2 Å². The van der Waals surface area contributed by atoms with E-state index in [1.54, 1.807) is 17.2 Å². The third kappa shape index (κ3) is 4.19. The lowest BCUT2D eigenvalue weighted by Crippen LogP contribution is -2.55. The average molecular weight is 433 g/mol. The predicted octanol–water partition coefficient (Wildman–Crippen LogP) is 3.25. The number of hydrogen-bond donors (Lipinski definition) is 2. The lowest BCUT2D eigenvalue weighted by Gasteiger charge is -2.40. The Balaban J connectivity index is 1.41. The lowest BCUT2D eigenvalue weighted by atomic mass is 10.1. The predicted molar refractivity (Wildman–Crippen MR) is 112 cm³/mol. The summed E-state index contributed by atoms with van der Waals surface area (Å²) in [6.45, 7) is 3.09. The van der Waals surface area contributed by atoms with Gasteiger partial charge in [0.2, 0.25) is 0 Å². The monoisotopic (exact) mass is 433 g/mol. The van der Waals surface area contributed by atoms with Crippen LogP contribution in [0.2, 0.25) is 0 Å². The first-order chi connectivity index (χ1) is 14.4. The van der Waals surface area contributed by atoms with Gasteiger partial charge in [-0.1, -0.05) is 11.3 Å². The number of piperazine rings is 1. The van der Waals surface area contributed by atoms with Crippen molar-refractivity contribution >= 4 is 38.5 Å². The number of aliphatic hydroxyl groups excluding tert-OH is 1. The van der Waals surface area contributed by atoms with Gasteiger partial charge in [-0.3, -0.25) is 5.32 Å². The molecule has 1 unspecified atom stereocenters. The van der Waals surface area contributed by atoms with E-state index < -0.39 is 5.82 Å². The van der Waals surface area contributed by atoms with E-state index in [-0.39, 0.29) is 30.3 Å². The second kappa shape index (κ2) is 8.49. The highest BCUT2D eigenvalue weighted by atomic mass is 32.1. The molecule has 158 valence electrons. The van der Waals surface area contributed by atoms with Crippen LogP contribution in [0.4, 0.5) is 24.5 Å². The zero-order chi connectivity index (χ0) is 21.3. The molecular formula is C20H21F2N5O2S. The van der Waals surface area contributed by atoms with Crippen molar-refractivity contribution in [3.8, 4) is 0 Å². The minimum atomic E-state index is -0.437. The summed E-state index contributed by atoms with van der Waals surface area (Å²) in [5.41, 5.74) is 1.14. The zero-order valence-electron chi connectivity index (χ0n) is 16.3. The Bertz CT molecular complexity index is 1080. The Morgan fingerprint density at radius 1 is 1.33 bits per heavy atom. The van der Waals surface area contributed by atoms with Gasteiger partial charge >= 0.3 is 6.03 Å². The van der Waals surface area contributed by atoms with Crippen molar-refractivity contribution in [3.05, 3.63) is 47.7 Å². The quantitative estimate of drug-likeness (QED) is 0.660. The van der Waals surface area contributed by atoms with Crippen LogP contribution in [0.1, 0.15) is 12.5 Å². The van der Waals surface area contributed by atoms with Gasteiger partial charge in [0.05, 0.1) is 10.2 Å². The summed E-state index contributed by atoms with van der Waals surface area (Å²) < 4.78 is 28.6. The Kier molecular flexibility index (Phi) is 5.78. The molecule has 0 bridgehead atoms. The van der Waals surface area contributed by atoms with Gasteiger partial charge in [0.1, 0.15) is 5.82 Å². The van der Waals surface area contributed by atoms with E-state index in [0.29, 0.717) is 42.3 Å². The summed E-state index contributed by atoms with van der Waals surface area (Å²) >= 11 is 1.28. The molecule has 0 aliphatic carbocycles. The molecule has 2 N–H and O–H groups in total. The minimum absolute atomic E-state index is 0.0606.